The maximum atomic E-state index is 10.8. The Morgan fingerprint density at radius 3 is 2.36 bits per heavy atom. The molecule has 3 rings (SSSR count). The molecule has 8 nitrogen and oxygen atoms in total. The van der Waals surface area contributed by atoms with Crippen LogP contribution in [0.3, 0.4) is 0 Å². The third-order valence-electron chi connectivity index (χ3n) is 3.55. The van der Waals surface area contributed by atoms with Gasteiger partial charge in [-0.05, 0) is 45.3 Å². The van der Waals surface area contributed by atoms with Gasteiger partial charge in [-0.25, -0.2) is 4.79 Å². The lowest BCUT2D eigenvalue weighted by atomic mass is 10.2. The zero-order chi connectivity index (χ0) is 18.4. The number of aliphatic carboxylic acids is 1. The number of hydrogen-bond acceptors (Lipinski definition) is 6. The molecule has 2 heterocycles. The Bertz CT molecular complexity index is 875. The largest absolute Gasteiger partial charge is 0.478 e. The van der Waals surface area contributed by atoms with Crippen LogP contribution in [0.2, 0.25) is 0 Å². The zero-order valence-electron chi connectivity index (χ0n) is 13.1. The molecule has 0 radical (unpaired) electrons. The fraction of sp³-hybridized carbons (Fsp3) is 0.267. The van der Waals surface area contributed by atoms with E-state index in [-0.39, 0.29) is 16.2 Å². The SMILES string of the molecule is O=C(O)C1=CS(=S(=O)=O)C=C1.O=[N+]([O-])c1ccccc1N1CCCC1. The summed E-state index contributed by atoms with van der Waals surface area (Å²) < 4.78 is 20.6. The minimum Gasteiger partial charge on any atom is -0.478 e. The van der Waals surface area contributed by atoms with Crippen LogP contribution >= 0.6 is 0 Å². The molecule has 0 aromatic heterocycles. The lowest BCUT2D eigenvalue weighted by Crippen LogP contribution is -2.18. The van der Waals surface area contributed by atoms with Crippen LogP contribution in [0.1, 0.15) is 12.8 Å². The van der Waals surface area contributed by atoms with E-state index < -0.39 is 24.7 Å². The highest BCUT2D eigenvalue weighted by Gasteiger charge is 2.20. The maximum Gasteiger partial charge on any atom is 0.336 e. The summed E-state index contributed by atoms with van der Waals surface area (Å²) in [6.45, 7) is 1.87. The van der Waals surface area contributed by atoms with E-state index in [1.54, 1.807) is 12.1 Å². The van der Waals surface area contributed by atoms with Gasteiger partial charge in [-0.15, -0.1) is 0 Å². The first-order chi connectivity index (χ1) is 11.9. The summed E-state index contributed by atoms with van der Waals surface area (Å²) in [5.41, 5.74) is 1.02. The molecule has 10 heteroatoms. The third kappa shape index (κ3) is 5.00. The van der Waals surface area contributed by atoms with Crippen LogP contribution in [0, 0.1) is 10.1 Å². The number of carbonyl (C=O) groups is 1. The van der Waals surface area contributed by atoms with Gasteiger partial charge in [0, 0.05) is 19.2 Å². The van der Waals surface area contributed by atoms with Gasteiger partial charge < -0.3 is 10.0 Å². The van der Waals surface area contributed by atoms with Gasteiger partial charge in [0.15, 0.2) is 0 Å². The average molecular weight is 384 g/mol. The van der Waals surface area contributed by atoms with E-state index in [0.717, 1.165) is 31.6 Å². The molecule has 0 aliphatic carbocycles. The van der Waals surface area contributed by atoms with Gasteiger partial charge in [-0.3, -0.25) is 10.1 Å². The lowest BCUT2D eigenvalue weighted by molar-refractivity contribution is -0.384. The number of para-hydroxylation sites is 2. The van der Waals surface area contributed by atoms with Crippen LogP contribution in [0.4, 0.5) is 11.4 Å². The van der Waals surface area contributed by atoms with Crippen molar-refractivity contribution in [1.29, 1.82) is 0 Å². The first kappa shape index (κ1) is 18.9. The van der Waals surface area contributed by atoms with Crippen LogP contribution < -0.4 is 4.90 Å². The smallest absolute Gasteiger partial charge is 0.336 e. The van der Waals surface area contributed by atoms with Gasteiger partial charge in [-0.1, -0.05) is 12.1 Å². The van der Waals surface area contributed by atoms with Gasteiger partial charge in [0.25, 0.3) is 5.69 Å². The molecule has 0 saturated carbocycles. The van der Waals surface area contributed by atoms with Gasteiger partial charge in [0.1, 0.15) is 5.69 Å². The van der Waals surface area contributed by atoms with E-state index in [1.165, 1.54) is 16.9 Å². The molecule has 1 aromatic rings. The van der Waals surface area contributed by atoms with Gasteiger partial charge in [0.2, 0.25) is 9.26 Å². The van der Waals surface area contributed by atoms with Gasteiger partial charge >= 0.3 is 5.97 Å². The minimum absolute atomic E-state index is 0.0394. The highest BCUT2D eigenvalue weighted by atomic mass is 32.9. The Morgan fingerprint density at radius 1 is 1.24 bits per heavy atom. The highest BCUT2D eigenvalue weighted by molar-refractivity contribution is 8.37. The molecule has 1 fully saturated rings. The number of nitro benzene ring substituents is 1. The lowest BCUT2D eigenvalue weighted by Gasteiger charge is -2.16. The Hall–Kier alpha value is -2.46. The monoisotopic (exact) mass is 384 g/mol. The number of carboxylic acid groups (broad SMARTS) is 1. The first-order valence-electron chi connectivity index (χ1n) is 7.33. The number of hydrogen-bond donors (Lipinski definition) is 1. The van der Waals surface area contributed by atoms with Crippen molar-refractivity contribution >= 4 is 36.1 Å². The molecular formula is C15H16N2O6S2. The summed E-state index contributed by atoms with van der Waals surface area (Å²) in [6, 6.07) is 6.94. The molecule has 1 N–H and O–H groups in total. The van der Waals surface area contributed by atoms with Crippen LogP contribution in [-0.4, -0.2) is 37.5 Å². The van der Waals surface area contributed by atoms with Crippen molar-refractivity contribution in [2.24, 2.45) is 0 Å². The zero-order valence-corrected chi connectivity index (χ0v) is 14.7. The Kier molecular flexibility index (Phi) is 6.48. The average Bonchev–Trinajstić information content (AvgIpc) is 3.27. The molecule has 1 unspecified atom stereocenters. The Balaban J connectivity index is 0.000000186. The van der Waals surface area contributed by atoms with E-state index >= 15 is 0 Å². The quantitative estimate of drug-likeness (QED) is 0.626. The first-order valence-corrected chi connectivity index (χ1v) is 10.3. The predicted molar refractivity (Wildman–Crippen MR) is 95.7 cm³/mol. The van der Waals surface area contributed by atoms with Crippen LogP contribution in [0.25, 0.3) is 0 Å². The maximum absolute atomic E-state index is 10.8. The molecule has 1 saturated heterocycles. The molecule has 25 heavy (non-hydrogen) atoms. The van der Waals surface area contributed by atoms with Gasteiger partial charge in [-0.2, -0.15) is 8.42 Å². The number of anilines is 1. The number of benzene rings is 1. The molecule has 2 aliphatic heterocycles. The van der Waals surface area contributed by atoms with Crippen LogP contribution in [-0.2, 0) is 23.5 Å². The molecule has 1 atom stereocenters. The normalized spacial score (nSPS) is 18.3. The highest BCUT2D eigenvalue weighted by Crippen LogP contribution is 2.29. The van der Waals surface area contributed by atoms with E-state index in [2.05, 4.69) is 4.90 Å². The summed E-state index contributed by atoms with van der Waals surface area (Å²) in [7, 11) is -3.26. The van der Waals surface area contributed by atoms with Crippen molar-refractivity contribution in [3.8, 4) is 0 Å². The Labute approximate surface area is 147 Å². The van der Waals surface area contributed by atoms with E-state index in [0.29, 0.717) is 0 Å². The second-order valence-electron chi connectivity index (χ2n) is 5.15. The van der Waals surface area contributed by atoms with E-state index in [4.69, 9.17) is 5.11 Å². The summed E-state index contributed by atoms with van der Waals surface area (Å²) >= 11 is 0. The third-order valence-corrected chi connectivity index (χ3v) is 6.32. The van der Waals surface area contributed by atoms with Crippen LogP contribution in [0.15, 0.2) is 46.7 Å². The summed E-state index contributed by atoms with van der Waals surface area (Å²) in [5, 5.41) is 21.7. The van der Waals surface area contributed by atoms with Crippen molar-refractivity contribution in [2.75, 3.05) is 18.0 Å². The molecule has 1 aromatic carbocycles. The molecule has 2 aliphatic rings. The van der Waals surface area contributed by atoms with Crippen molar-refractivity contribution in [2.45, 2.75) is 12.8 Å². The van der Waals surface area contributed by atoms with E-state index in [9.17, 15) is 23.3 Å². The minimum atomic E-state index is -2.23. The van der Waals surface area contributed by atoms with Crippen molar-refractivity contribution in [3.63, 3.8) is 0 Å². The fourth-order valence-corrected chi connectivity index (χ4v) is 4.34. The fourth-order valence-electron chi connectivity index (χ4n) is 2.39. The van der Waals surface area contributed by atoms with Crippen molar-refractivity contribution in [3.05, 3.63) is 56.8 Å². The summed E-state index contributed by atoms with van der Waals surface area (Å²) in [5.74, 6) is -1.10. The summed E-state index contributed by atoms with van der Waals surface area (Å²) in [6.07, 6.45) is 3.55. The Morgan fingerprint density at radius 2 is 1.88 bits per heavy atom. The summed E-state index contributed by atoms with van der Waals surface area (Å²) in [4.78, 5) is 22.8. The number of rotatable bonds is 3. The van der Waals surface area contributed by atoms with Gasteiger partial charge in [0.05, 0.1) is 10.5 Å². The van der Waals surface area contributed by atoms with Crippen molar-refractivity contribution in [1.82, 2.24) is 0 Å². The molecular weight excluding hydrogens is 368 g/mol. The number of carboxylic acids is 1. The number of nitro groups is 1. The standard InChI is InChI=1S/C10H12N2O2.C5H4O4S2/c13-12(14)10-6-2-1-5-9(10)11-7-3-4-8-11;6-5(7)4-1-2-10(3-4)11(8)9/h1-2,5-6H,3-4,7-8H2;1-3H,(H,6,7). The van der Waals surface area contributed by atoms with Crippen molar-refractivity contribution < 1.29 is 23.2 Å². The molecule has 0 bridgehead atoms. The van der Waals surface area contributed by atoms with E-state index in [1.807, 2.05) is 12.1 Å². The number of nitrogens with zero attached hydrogens (tertiary/aromatic N) is 2. The second kappa shape index (κ2) is 8.58. The molecule has 0 spiro atoms. The second-order valence-corrected chi connectivity index (χ2v) is 8.70. The van der Waals surface area contributed by atoms with Crippen LogP contribution in [0.5, 0.6) is 0 Å². The molecule has 134 valence electrons. The molecule has 0 amide bonds. The topological polar surface area (TPSA) is 118 Å². The predicted octanol–water partition coefficient (Wildman–Crippen LogP) is 2.09.